The molecule has 1 aromatic carbocycles. The molecule has 4 heteroatoms. The van der Waals surface area contributed by atoms with Crippen molar-refractivity contribution in [2.24, 2.45) is 0 Å². The van der Waals surface area contributed by atoms with E-state index in [1.165, 1.54) is 24.8 Å². The smallest absolute Gasteiger partial charge is 0.231 e. The first-order chi connectivity index (χ1) is 10.2. The number of benzene rings is 1. The van der Waals surface area contributed by atoms with Gasteiger partial charge in [-0.05, 0) is 44.7 Å². The van der Waals surface area contributed by atoms with E-state index in [0.29, 0.717) is 23.9 Å². The summed E-state index contributed by atoms with van der Waals surface area (Å²) < 4.78 is 5.57. The molecule has 4 nitrogen and oxygen atoms in total. The van der Waals surface area contributed by atoms with Gasteiger partial charge in [-0.25, -0.2) is 0 Å². The number of hydrogen-bond donors (Lipinski definition) is 0. The van der Waals surface area contributed by atoms with Crippen molar-refractivity contribution in [2.45, 2.75) is 50.1 Å². The summed E-state index contributed by atoms with van der Waals surface area (Å²) in [6, 6.07) is 12.0. The van der Waals surface area contributed by atoms with Crippen molar-refractivity contribution < 1.29 is 4.52 Å². The lowest BCUT2D eigenvalue weighted by atomic mass is 9.76. The Kier molecular flexibility index (Phi) is 3.07. The molecule has 4 rings (SSSR count). The summed E-state index contributed by atoms with van der Waals surface area (Å²) in [5.41, 5.74) is 1.41. The predicted octanol–water partition coefficient (Wildman–Crippen LogP) is 3.11. The van der Waals surface area contributed by atoms with Gasteiger partial charge in [0.25, 0.3) is 0 Å². The Morgan fingerprint density at radius 1 is 1.19 bits per heavy atom. The highest BCUT2D eigenvalue weighted by atomic mass is 16.5. The zero-order chi connectivity index (χ0) is 14.4. The van der Waals surface area contributed by atoms with Crippen molar-refractivity contribution in [1.29, 1.82) is 0 Å². The first-order valence-electron chi connectivity index (χ1n) is 7.81. The Hall–Kier alpha value is -1.68. The summed E-state index contributed by atoms with van der Waals surface area (Å²) >= 11 is 0. The summed E-state index contributed by atoms with van der Waals surface area (Å²) in [4.78, 5) is 7.09. The van der Waals surface area contributed by atoms with Crippen molar-refractivity contribution in [3.63, 3.8) is 0 Å². The molecule has 2 aliphatic heterocycles. The lowest BCUT2D eigenvalue weighted by Crippen LogP contribution is -2.44. The molecule has 0 N–H and O–H groups in total. The third-order valence-electron chi connectivity index (χ3n) is 5.32. The summed E-state index contributed by atoms with van der Waals surface area (Å²) in [7, 11) is 2.25. The second-order valence-corrected chi connectivity index (χ2v) is 6.42. The van der Waals surface area contributed by atoms with Crippen LogP contribution in [-0.4, -0.2) is 34.2 Å². The van der Waals surface area contributed by atoms with E-state index in [4.69, 9.17) is 4.52 Å². The minimum Gasteiger partial charge on any atom is -0.339 e. The largest absolute Gasteiger partial charge is 0.339 e. The molecule has 2 aromatic rings. The van der Waals surface area contributed by atoms with Gasteiger partial charge in [0.05, 0.1) is 5.92 Å². The topological polar surface area (TPSA) is 42.2 Å². The highest BCUT2D eigenvalue weighted by Gasteiger charge is 2.48. The SMILES string of the molecule is Cc1noc([C@H]2C3CC[C@H](C[C@@H]2c2ccccc2)N3C)n1. The van der Waals surface area contributed by atoms with Crippen LogP contribution in [0.4, 0.5) is 0 Å². The van der Waals surface area contributed by atoms with Gasteiger partial charge in [0, 0.05) is 12.1 Å². The van der Waals surface area contributed by atoms with Crippen molar-refractivity contribution in [3.05, 3.63) is 47.6 Å². The summed E-state index contributed by atoms with van der Waals surface area (Å²) in [5.74, 6) is 2.36. The van der Waals surface area contributed by atoms with Crippen molar-refractivity contribution in [1.82, 2.24) is 15.0 Å². The maximum absolute atomic E-state index is 5.57. The molecule has 0 saturated carbocycles. The van der Waals surface area contributed by atoms with Crippen LogP contribution in [0.5, 0.6) is 0 Å². The molecule has 1 aromatic heterocycles. The molecule has 2 saturated heterocycles. The molecule has 0 amide bonds. The molecular weight excluding hydrogens is 262 g/mol. The predicted molar refractivity (Wildman–Crippen MR) is 80.1 cm³/mol. The van der Waals surface area contributed by atoms with Gasteiger partial charge in [0.2, 0.25) is 5.89 Å². The average Bonchev–Trinajstić information content (AvgIpc) is 3.01. The molecule has 0 radical (unpaired) electrons. The fourth-order valence-corrected chi connectivity index (χ4v) is 4.29. The number of likely N-dealkylation sites (N-methyl/N-ethyl adjacent to an activating group) is 1. The quantitative estimate of drug-likeness (QED) is 0.849. The van der Waals surface area contributed by atoms with Crippen LogP contribution >= 0.6 is 0 Å². The zero-order valence-electron chi connectivity index (χ0n) is 12.6. The maximum Gasteiger partial charge on any atom is 0.231 e. The highest BCUT2D eigenvalue weighted by molar-refractivity contribution is 5.27. The Labute approximate surface area is 125 Å². The van der Waals surface area contributed by atoms with E-state index >= 15 is 0 Å². The van der Waals surface area contributed by atoms with Gasteiger partial charge >= 0.3 is 0 Å². The third kappa shape index (κ3) is 2.09. The van der Waals surface area contributed by atoms with Gasteiger partial charge in [0.15, 0.2) is 5.82 Å². The van der Waals surface area contributed by atoms with Crippen LogP contribution in [0.2, 0.25) is 0 Å². The van der Waals surface area contributed by atoms with Crippen LogP contribution in [0.25, 0.3) is 0 Å². The maximum atomic E-state index is 5.57. The second-order valence-electron chi connectivity index (χ2n) is 6.42. The Bertz CT molecular complexity index is 624. The van der Waals surface area contributed by atoms with Crippen LogP contribution in [0.3, 0.4) is 0 Å². The number of aryl methyl sites for hydroxylation is 1. The number of nitrogens with zero attached hydrogens (tertiary/aromatic N) is 3. The monoisotopic (exact) mass is 283 g/mol. The van der Waals surface area contributed by atoms with E-state index in [9.17, 15) is 0 Å². The van der Waals surface area contributed by atoms with Gasteiger partial charge < -0.3 is 4.52 Å². The minimum absolute atomic E-state index is 0.317. The molecule has 2 aliphatic rings. The Morgan fingerprint density at radius 2 is 2.00 bits per heavy atom. The van der Waals surface area contributed by atoms with E-state index < -0.39 is 0 Å². The van der Waals surface area contributed by atoms with Crippen LogP contribution in [0, 0.1) is 6.92 Å². The van der Waals surface area contributed by atoms with Crippen molar-refractivity contribution in [2.75, 3.05) is 7.05 Å². The second kappa shape index (κ2) is 4.95. The number of fused-ring (bicyclic) bond motifs is 2. The Balaban J connectivity index is 1.77. The first kappa shape index (κ1) is 13.0. The summed E-state index contributed by atoms with van der Waals surface area (Å²) in [6.07, 6.45) is 3.70. The van der Waals surface area contributed by atoms with Gasteiger partial charge in [-0.3, -0.25) is 4.90 Å². The molecule has 3 heterocycles. The number of aromatic nitrogens is 2. The van der Waals surface area contributed by atoms with Gasteiger partial charge in [0.1, 0.15) is 0 Å². The fraction of sp³-hybridized carbons (Fsp3) is 0.529. The fourth-order valence-electron chi connectivity index (χ4n) is 4.29. The molecule has 1 unspecified atom stereocenters. The standard InChI is InChI=1S/C17H21N3O/c1-11-18-17(21-19-11)16-14(12-6-4-3-5-7-12)10-13-8-9-15(16)20(13)2/h3-7,13-16H,8-10H2,1-2H3/t13-,14-,15?,16-/m1/s1. The molecule has 2 bridgehead atoms. The molecule has 4 atom stereocenters. The van der Waals surface area contributed by atoms with Gasteiger partial charge in [-0.2, -0.15) is 4.98 Å². The molecule has 0 aliphatic carbocycles. The first-order valence-corrected chi connectivity index (χ1v) is 7.81. The van der Waals surface area contributed by atoms with Crippen LogP contribution < -0.4 is 0 Å². The van der Waals surface area contributed by atoms with Crippen LogP contribution in [0.15, 0.2) is 34.9 Å². The number of piperidine rings is 1. The van der Waals surface area contributed by atoms with Crippen LogP contribution in [0.1, 0.15) is 48.4 Å². The summed E-state index contributed by atoms with van der Waals surface area (Å²) in [5, 5.41) is 4.02. The van der Waals surface area contributed by atoms with E-state index in [2.05, 4.69) is 52.4 Å². The van der Waals surface area contributed by atoms with Gasteiger partial charge in [-0.15, -0.1) is 0 Å². The van der Waals surface area contributed by atoms with Crippen molar-refractivity contribution >= 4 is 0 Å². The lowest BCUT2D eigenvalue weighted by Gasteiger charge is -2.41. The van der Waals surface area contributed by atoms with Crippen molar-refractivity contribution in [3.8, 4) is 0 Å². The molecular formula is C17H21N3O. The normalized spacial score (nSPS) is 32.5. The Morgan fingerprint density at radius 3 is 2.71 bits per heavy atom. The number of rotatable bonds is 2. The number of hydrogen-bond acceptors (Lipinski definition) is 4. The minimum atomic E-state index is 0.317. The lowest BCUT2D eigenvalue weighted by molar-refractivity contribution is 0.120. The molecule has 2 fully saturated rings. The van der Waals surface area contributed by atoms with E-state index in [1.54, 1.807) is 0 Å². The average molecular weight is 283 g/mol. The molecule has 0 spiro atoms. The third-order valence-corrected chi connectivity index (χ3v) is 5.32. The summed E-state index contributed by atoms with van der Waals surface area (Å²) in [6.45, 7) is 1.90. The molecule has 110 valence electrons. The van der Waals surface area contributed by atoms with E-state index in [0.717, 1.165) is 11.7 Å². The highest BCUT2D eigenvalue weighted by Crippen LogP contribution is 2.50. The van der Waals surface area contributed by atoms with E-state index in [-0.39, 0.29) is 0 Å². The van der Waals surface area contributed by atoms with Crippen LogP contribution in [-0.2, 0) is 0 Å². The van der Waals surface area contributed by atoms with E-state index in [1.807, 2.05) is 6.92 Å². The van der Waals surface area contributed by atoms with Gasteiger partial charge in [-0.1, -0.05) is 35.5 Å². The molecule has 21 heavy (non-hydrogen) atoms. The zero-order valence-corrected chi connectivity index (χ0v) is 12.6.